The van der Waals surface area contributed by atoms with E-state index in [0.29, 0.717) is 6.42 Å². The van der Waals surface area contributed by atoms with E-state index < -0.39 is 10.7 Å². The number of benzene rings is 2. The lowest BCUT2D eigenvalue weighted by Gasteiger charge is -2.19. The first-order chi connectivity index (χ1) is 10.0. The van der Waals surface area contributed by atoms with E-state index in [1.165, 1.54) is 18.2 Å². The lowest BCUT2D eigenvalue weighted by molar-refractivity contribution is -0.384. The van der Waals surface area contributed by atoms with Crippen LogP contribution in [0, 0.1) is 15.9 Å². The molecule has 4 nitrogen and oxygen atoms in total. The van der Waals surface area contributed by atoms with Gasteiger partial charge in [-0.3, -0.25) is 10.1 Å². The highest BCUT2D eigenvalue weighted by Gasteiger charge is 2.21. The number of anilines is 1. The Morgan fingerprint density at radius 2 is 2.05 bits per heavy atom. The van der Waals surface area contributed by atoms with E-state index in [9.17, 15) is 14.5 Å². The van der Waals surface area contributed by atoms with E-state index in [2.05, 4.69) is 21.2 Å². The second-order valence-corrected chi connectivity index (χ2v) is 5.47. The van der Waals surface area contributed by atoms with Crippen LogP contribution in [0.25, 0.3) is 0 Å². The molecule has 1 N–H and O–H groups in total. The zero-order chi connectivity index (χ0) is 15.4. The first-order valence-electron chi connectivity index (χ1n) is 6.47. The maximum atomic E-state index is 13.9. The summed E-state index contributed by atoms with van der Waals surface area (Å²) in [5.74, 6) is -0.627. The minimum Gasteiger partial charge on any atom is -0.370 e. The van der Waals surface area contributed by atoms with E-state index in [-0.39, 0.29) is 17.4 Å². The van der Waals surface area contributed by atoms with Crippen molar-refractivity contribution in [2.75, 3.05) is 5.32 Å². The van der Waals surface area contributed by atoms with E-state index in [1.807, 2.05) is 31.2 Å². The molecule has 0 aliphatic heterocycles. The number of nitrogens with one attached hydrogen (secondary N) is 1. The summed E-state index contributed by atoms with van der Waals surface area (Å²) in [7, 11) is 0. The van der Waals surface area contributed by atoms with Crippen LogP contribution in [0.1, 0.15) is 24.9 Å². The Balaban J connectivity index is 2.37. The van der Waals surface area contributed by atoms with Gasteiger partial charge in [0.15, 0.2) is 5.82 Å². The Morgan fingerprint density at radius 1 is 1.33 bits per heavy atom. The van der Waals surface area contributed by atoms with Crippen molar-refractivity contribution in [3.63, 3.8) is 0 Å². The summed E-state index contributed by atoms with van der Waals surface area (Å²) in [6, 6.07) is 11.2. The third-order valence-corrected chi connectivity index (χ3v) is 3.66. The van der Waals surface area contributed by atoms with Crippen molar-refractivity contribution in [2.24, 2.45) is 0 Å². The minimum absolute atomic E-state index is 0.0747. The molecule has 0 aromatic heterocycles. The molecule has 0 fully saturated rings. The maximum Gasteiger partial charge on any atom is 0.295 e. The van der Waals surface area contributed by atoms with Crippen LogP contribution in [0.3, 0.4) is 0 Å². The Hall–Kier alpha value is -1.95. The van der Waals surface area contributed by atoms with Gasteiger partial charge in [0.2, 0.25) is 0 Å². The summed E-state index contributed by atoms with van der Waals surface area (Å²) in [4.78, 5) is 10.4. The van der Waals surface area contributed by atoms with E-state index in [1.54, 1.807) is 0 Å². The first kappa shape index (κ1) is 15.4. The van der Waals surface area contributed by atoms with Crippen LogP contribution in [0.2, 0.25) is 0 Å². The van der Waals surface area contributed by atoms with Gasteiger partial charge in [-0.2, -0.15) is 0 Å². The highest BCUT2D eigenvalue weighted by atomic mass is 79.9. The van der Waals surface area contributed by atoms with E-state index in [0.717, 1.165) is 10.0 Å². The lowest BCUT2D eigenvalue weighted by atomic mass is 10.0. The van der Waals surface area contributed by atoms with Gasteiger partial charge in [-0.05, 0) is 30.2 Å². The highest BCUT2D eigenvalue weighted by Crippen LogP contribution is 2.32. The molecule has 0 amide bonds. The fourth-order valence-corrected chi connectivity index (χ4v) is 2.54. The van der Waals surface area contributed by atoms with Crippen molar-refractivity contribution in [3.8, 4) is 0 Å². The average Bonchev–Trinajstić information content (AvgIpc) is 2.45. The zero-order valence-electron chi connectivity index (χ0n) is 11.3. The summed E-state index contributed by atoms with van der Waals surface area (Å²) in [6.45, 7) is 1.94. The zero-order valence-corrected chi connectivity index (χ0v) is 12.9. The largest absolute Gasteiger partial charge is 0.370 e. The summed E-state index contributed by atoms with van der Waals surface area (Å²) < 4.78 is 14.8. The summed E-state index contributed by atoms with van der Waals surface area (Å²) >= 11 is 3.39. The second-order valence-electron chi connectivity index (χ2n) is 4.55. The third kappa shape index (κ3) is 3.58. The molecule has 2 aromatic carbocycles. The van der Waals surface area contributed by atoms with Crippen LogP contribution < -0.4 is 5.32 Å². The van der Waals surface area contributed by atoms with E-state index in [4.69, 9.17) is 0 Å². The first-order valence-corrected chi connectivity index (χ1v) is 7.27. The molecule has 0 aliphatic rings. The number of hydrogen-bond acceptors (Lipinski definition) is 3. The number of nitro benzene ring substituents is 1. The van der Waals surface area contributed by atoms with Crippen LogP contribution >= 0.6 is 15.9 Å². The predicted octanol–water partition coefficient (Wildman–Crippen LogP) is 5.06. The van der Waals surface area contributed by atoms with Crippen LogP contribution in [0.4, 0.5) is 15.8 Å². The van der Waals surface area contributed by atoms with Crippen LogP contribution in [0.15, 0.2) is 46.9 Å². The smallest absolute Gasteiger partial charge is 0.295 e. The number of hydrogen-bond donors (Lipinski definition) is 1. The van der Waals surface area contributed by atoms with Gasteiger partial charge in [-0.1, -0.05) is 41.1 Å². The van der Waals surface area contributed by atoms with Crippen molar-refractivity contribution < 1.29 is 9.31 Å². The van der Waals surface area contributed by atoms with Gasteiger partial charge < -0.3 is 5.32 Å². The van der Waals surface area contributed by atoms with Crippen molar-refractivity contribution >= 4 is 27.3 Å². The quantitative estimate of drug-likeness (QED) is 0.604. The van der Waals surface area contributed by atoms with Gasteiger partial charge in [-0.25, -0.2) is 4.39 Å². The number of nitro groups is 1. The monoisotopic (exact) mass is 352 g/mol. The Kier molecular flexibility index (Phi) is 4.90. The number of rotatable bonds is 5. The summed E-state index contributed by atoms with van der Waals surface area (Å²) in [6.07, 6.45) is 0.669. The number of para-hydroxylation sites is 1. The van der Waals surface area contributed by atoms with Gasteiger partial charge in [-0.15, -0.1) is 0 Å². The molecule has 0 saturated heterocycles. The molecule has 1 atom stereocenters. The van der Waals surface area contributed by atoms with E-state index >= 15 is 0 Å². The SMILES string of the molecule is CCC(Nc1c(F)cccc1[N+](=O)[O-])c1cccc(Br)c1. The molecule has 2 aromatic rings. The highest BCUT2D eigenvalue weighted by molar-refractivity contribution is 9.10. The Morgan fingerprint density at radius 3 is 2.67 bits per heavy atom. The molecular formula is C15H14BrFN2O2. The molecular weight excluding hydrogens is 339 g/mol. The fourth-order valence-electron chi connectivity index (χ4n) is 2.13. The maximum absolute atomic E-state index is 13.9. The minimum atomic E-state index is -0.627. The molecule has 1 unspecified atom stereocenters. The predicted molar refractivity (Wildman–Crippen MR) is 83.9 cm³/mol. The standard InChI is InChI=1S/C15H14BrFN2O2/c1-2-13(10-5-3-6-11(16)9-10)18-15-12(17)7-4-8-14(15)19(20)21/h3-9,13,18H,2H2,1H3. The van der Waals surface area contributed by atoms with Crippen molar-refractivity contribution in [1.29, 1.82) is 0 Å². The second kappa shape index (κ2) is 6.67. The topological polar surface area (TPSA) is 55.2 Å². The summed E-state index contributed by atoms with van der Waals surface area (Å²) in [5.41, 5.74) is 0.599. The molecule has 0 saturated carbocycles. The normalized spacial score (nSPS) is 12.0. The molecule has 0 spiro atoms. The molecule has 21 heavy (non-hydrogen) atoms. The Labute approximate surface area is 130 Å². The van der Waals surface area contributed by atoms with Gasteiger partial charge in [0, 0.05) is 10.5 Å². The average molecular weight is 353 g/mol. The number of halogens is 2. The van der Waals surface area contributed by atoms with Gasteiger partial charge in [0.25, 0.3) is 5.69 Å². The van der Waals surface area contributed by atoms with Crippen LogP contribution in [-0.2, 0) is 0 Å². The van der Waals surface area contributed by atoms with Gasteiger partial charge in [0.1, 0.15) is 5.69 Å². The van der Waals surface area contributed by atoms with Crippen molar-refractivity contribution in [2.45, 2.75) is 19.4 Å². The fraction of sp³-hybridized carbons (Fsp3) is 0.200. The lowest BCUT2D eigenvalue weighted by Crippen LogP contribution is -2.12. The molecule has 0 bridgehead atoms. The molecule has 0 heterocycles. The molecule has 2 rings (SSSR count). The molecule has 6 heteroatoms. The van der Waals surface area contributed by atoms with Crippen LogP contribution in [-0.4, -0.2) is 4.92 Å². The molecule has 0 aliphatic carbocycles. The van der Waals surface area contributed by atoms with Crippen molar-refractivity contribution in [3.05, 3.63) is 68.4 Å². The Bertz CT molecular complexity index is 664. The third-order valence-electron chi connectivity index (χ3n) is 3.17. The number of nitrogens with zero attached hydrogens (tertiary/aromatic N) is 1. The van der Waals surface area contributed by atoms with Crippen molar-refractivity contribution in [1.82, 2.24) is 0 Å². The molecule has 0 radical (unpaired) electrons. The van der Waals surface area contributed by atoms with Gasteiger partial charge in [0.05, 0.1) is 11.0 Å². The summed E-state index contributed by atoms with van der Waals surface area (Å²) in [5, 5.41) is 14.0. The van der Waals surface area contributed by atoms with Gasteiger partial charge >= 0.3 is 0 Å². The van der Waals surface area contributed by atoms with Crippen LogP contribution in [0.5, 0.6) is 0 Å². The molecule has 110 valence electrons.